The van der Waals surface area contributed by atoms with Crippen LogP contribution in [0, 0.1) is 0 Å². The zero-order valence-electron chi connectivity index (χ0n) is 12.8. The molecular formula is C15H24ClN3O2. The highest BCUT2D eigenvalue weighted by Crippen LogP contribution is 2.23. The van der Waals surface area contributed by atoms with E-state index in [-0.39, 0.29) is 18.4 Å². The number of rotatable bonds is 3. The summed E-state index contributed by atoms with van der Waals surface area (Å²) in [5.74, 6) is -0.384. The number of nitrogen functional groups attached to an aromatic ring is 1. The Hall–Kier alpha value is -1.46. The fourth-order valence-electron chi connectivity index (χ4n) is 2.52. The second-order valence-corrected chi connectivity index (χ2v) is 5.38. The molecule has 1 fully saturated rings. The number of carbonyl (C=O) groups is 1. The fraction of sp³-hybridized carbons (Fsp3) is 0.533. The monoisotopic (exact) mass is 313 g/mol. The summed E-state index contributed by atoms with van der Waals surface area (Å²) in [6.07, 6.45) is 0. The zero-order valence-corrected chi connectivity index (χ0v) is 13.7. The van der Waals surface area contributed by atoms with Gasteiger partial charge in [0, 0.05) is 43.6 Å². The number of benzene rings is 1. The van der Waals surface area contributed by atoms with Crippen molar-refractivity contribution in [2.24, 2.45) is 0 Å². The number of piperazine rings is 1. The van der Waals surface area contributed by atoms with Gasteiger partial charge in [-0.15, -0.1) is 12.4 Å². The summed E-state index contributed by atoms with van der Waals surface area (Å²) in [6.45, 7) is 8.43. The minimum absolute atomic E-state index is 0. The van der Waals surface area contributed by atoms with Gasteiger partial charge in [-0.2, -0.15) is 0 Å². The van der Waals surface area contributed by atoms with E-state index in [1.807, 2.05) is 12.1 Å². The first-order chi connectivity index (χ1) is 9.52. The third kappa shape index (κ3) is 4.02. The van der Waals surface area contributed by atoms with Crippen molar-refractivity contribution in [1.29, 1.82) is 0 Å². The third-order valence-electron chi connectivity index (χ3n) is 3.85. The molecule has 1 aliphatic rings. The van der Waals surface area contributed by atoms with E-state index in [1.54, 1.807) is 6.07 Å². The third-order valence-corrected chi connectivity index (χ3v) is 3.85. The lowest BCUT2D eigenvalue weighted by molar-refractivity contribution is 0.0602. The summed E-state index contributed by atoms with van der Waals surface area (Å²) in [6, 6.07) is 6.14. The van der Waals surface area contributed by atoms with E-state index in [0.29, 0.717) is 17.3 Å². The molecule has 1 heterocycles. The molecule has 0 bridgehead atoms. The van der Waals surface area contributed by atoms with Crippen LogP contribution in [0.25, 0.3) is 0 Å². The van der Waals surface area contributed by atoms with Crippen LogP contribution in [0.4, 0.5) is 11.4 Å². The molecule has 0 aliphatic carbocycles. The molecule has 1 saturated heterocycles. The highest BCUT2D eigenvalue weighted by atomic mass is 35.5. The number of ether oxygens (including phenoxy) is 1. The van der Waals surface area contributed by atoms with Crippen molar-refractivity contribution >= 4 is 29.8 Å². The minimum Gasteiger partial charge on any atom is -0.465 e. The largest absolute Gasteiger partial charge is 0.465 e. The van der Waals surface area contributed by atoms with Crippen molar-refractivity contribution in [3.8, 4) is 0 Å². The Balaban J connectivity index is 0.00000220. The Morgan fingerprint density at radius 2 is 1.86 bits per heavy atom. The predicted octanol–water partition coefficient (Wildman–Crippen LogP) is 2.01. The van der Waals surface area contributed by atoms with Crippen LogP contribution >= 0.6 is 12.4 Å². The highest BCUT2D eigenvalue weighted by molar-refractivity contribution is 5.96. The Bertz CT molecular complexity index is 486. The van der Waals surface area contributed by atoms with Gasteiger partial charge in [-0.25, -0.2) is 4.79 Å². The summed E-state index contributed by atoms with van der Waals surface area (Å²) >= 11 is 0. The molecule has 1 aromatic rings. The topological polar surface area (TPSA) is 58.8 Å². The first kappa shape index (κ1) is 17.6. The van der Waals surface area contributed by atoms with Gasteiger partial charge < -0.3 is 15.4 Å². The number of halogens is 1. The van der Waals surface area contributed by atoms with Crippen LogP contribution in [0.1, 0.15) is 24.2 Å². The van der Waals surface area contributed by atoms with Gasteiger partial charge >= 0.3 is 5.97 Å². The quantitative estimate of drug-likeness (QED) is 0.683. The molecule has 2 N–H and O–H groups in total. The molecule has 5 nitrogen and oxygen atoms in total. The Labute approximate surface area is 132 Å². The second kappa shape index (κ2) is 7.52. The Morgan fingerprint density at radius 3 is 2.38 bits per heavy atom. The lowest BCUT2D eigenvalue weighted by Crippen LogP contribution is -2.48. The maximum atomic E-state index is 11.7. The first-order valence-electron chi connectivity index (χ1n) is 6.99. The fourth-order valence-corrected chi connectivity index (χ4v) is 2.52. The molecule has 0 unspecified atom stereocenters. The van der Waals surface area contributed by atoms with Gasteiger partial charge in [0.2, 0.25) is 0 Å². The summed E-state index contributed by atoms with van der Waals surface area (Å²) in [5, 5.41) is 0. The molecule has 1 aliphatic heterocycles. The SMILES string of the molecule is COC(=O)c1cc(N2CCN(C(C)C)CC2)ccc1N.Cl. The molecule has 0 spiro atoms. The van der Waals surface area contributed by atoms with Crippen LogP contribution in [0.2, 0.25) is 0 Å². The minimum atomic E-state index is -0.384. The van der Waals surface area contributed by atoms with E-state index in [1.165, 1.54) is 7.11 Å². The number of anilines is 2. The lowest BCUT2D eigenvalue weighted by atomic mass is 10.1. The molecular weight excluding hydrogens is 290 g/mol. The molecule has 1 aromatic carbocycles. The van der Waals surface area contributed by atoms with Gasteiger partial charge in [-0.05, 0) is 32.0 Å². The van der Waals surface area contributed by atoms with Crippen LogP contribution < -0.4 is 10.6 Å². The van der Waals surface area contributed by atoms with Crippen molar-refractivity contribution in [3.63, 3.8) is 0 Å². The number of nitrogens with two attached hydrogens (primary N) is 1. The lowest BCUT2D eigenvalue weighted by Gasteiger charge is -2.38. The summed E-state index contributed by atoms with van der Waals surface area (Å²) < 4.78 is 4.76. The summed E-state index contributed by atoms with van der Waals surface area (Å²) in [7, 11) is 1.37. The van der Waals surface area contributed by atoms with Gasteiger partial charge in [-0.3, -0.25) is 4.90 Å². The van der Waals surface area contributed by atoms with Crippen molar-refractivity contribution in [2.45, 2.75) is 19.9 Å². The summed E-state index contributed by atoms with van der Waals surface area (Å²) in [5.41, 5.74) is 7.76. The zero-order chi connectivity index (χ0) is 14.7. The Morgan fingerprint density at radius 1 is 1.24 bits per heavy atom. The van der Waals surface area contributed by atoms with Crippen LogP contribution in [0.15, 0.2) is 18.2 Å². The van der Waals surface area contributed by atoms with Gasteiger partial charge in [-0.1, -0.05) is 0 Å². The van der Waals surface area contributed by atoms with Crippen LogP contribution in [-0.2, 0) is 4.74 Å². The van der Waals surface area contributed by atoms with E-state index in [4.69, 9.17) is 10.5 Å². The average Bonchev–Trinajstić information content (AvgIpc) is 2.47. The van der Waals surface area contributed by atoms with E-state index in [2.05, 4.69) is 23.6 Å². The second-order valence-electron chi connectivity index (χ2n) is 5.38. The van der Waals surface area contributed by atoms with Crippen LogP contribution in [-0.4, -0.2) is 50.2 Å². The maximum Gasteiger partial charge on any atom is 0.340 e. The number of hydrogen-bond acceptors (Lipinski definition) is 5. The van der Waals surface area contributed by atoms with E-state index in [0.717, 1.165) is 31.9 Å². The summed E-state index contributed by atoms with van der Waals surface area (Å²) in [4.78, 5) is 16.4. The number of hydrogen-bond donors (Lipinski definition) is 1. The van der Waals surface area contributed by atoms with Crippen molar-refractivity contribution in [1.82, 2.24) is 4.90 Å². The number of carbonyl (C=O) groups excluding carboxylic acids is 1. The first-order valence-corrected chi connectivity index (χ1v) is 6.99. The van der Waals surface area contributed by atoms with Gasteiger partial charge in [0.05, 0.1) is 12.7 Å². The van der Waals surface area contributed by atoms with E-state index >= 15 is 0 Å². The number of esters is 1. The standard InChI is InChI=1S/C15H23N3O2.ClH/c1-11(2)17-6-8-18(9-7-17)12-4-5-14(16)13(10-12)15(19)20-3;/h4-5,10-11H,6-9,16H2,1-3H3;1H. The normalized spacial score (nSPS) is 15.7. The predicted molar refractivity (Wildman–Crippen MR) is 88.4 cm³/mol. The van der Waals surface area contributed by atoms with Crippen molar-refractivity contribution in [2.75, 3.05) is 43.9 Å². The molecule has 0 amide bonds. The Kier molecular flexibility index (Phi) is 6.30. The van der Waals surface area contributed by atoms with Crippen molar-refractivity contribution < 1.29 is 9.53 Å². The van der Waals surface area contributed by atoms with Gasteiger partial charge in [0.15, 0.2) is 0 Å². The molecule has 0 aromatic heterocycles. The molecule has 118 valence electrons. The molecule has 0 radical (unpaired) electrons. The number of methoxy groups -OCH3 is 1. The van der Waals surface area contributed by atoms with Crippen LogP contribution in [0.5, 0.6) is 0 Å². The number of nitrogens with zero attached hydrogens (tertiary/aromatic N) is 2. The molecule has 2 rings (SSSR count). The molecule has 6 heteroatoms. The van der Waals surface area contributed by atoms with Crippen molar-refractivity contribution in [3.05, 3.63) is 23.8 Å². The average molecular weight is 314 g/mol. The molecule has 0 atom stereocenters. The van der Waals surface area contributed by atoms with Crippen LogP contribution in [0.3, 0.4) is 0 Å². The van der Waals surface area contributed by atoms with Gasteiger partial charge in [0.25, 0.3) is 0 Å². The van der Waals surface area contributed by atoms with E-state index in [9.17, 15) is 4.79 Å². The smallest absolute Gasteiger partial charge is 0.340 e. The van der Waals surface area contributed by atoms with E-state index < -0.39 is 0 Å². The highest BCUT2D eigenvalue weighted by Gasteiger charge is 2.20. The maximum absolute atomic E-state index is 11.7. The van der Waals surface area contributed by atoms with Gasteiger partial charge in [0.1, 0.15) is 0 Å². The molecule has 21 heavy (non-hydrogen) atoms. The molecule has 0 saturated carbocycles.